The third-order valence-corrected chi connectivity index (χ3v) is 3.85. The van der Waals surface area contributed by atoms with Gasteiger partial charge in [0.25, 0.3) is 5.69 Å². The van der Waals surface area contributed by atoms with Gasteiger partial charge in [0.1, 0.15) is 0 Å². The van der Waals surface area contributed by atoms with Gasteiger partial charge in [0.2, 0.25) is 5.91 Å². The second kappa shape index (κ2) is 6.49. The number of hydrogen-bond acceptors (Lipinski definition) is 4. The first-order valence-corrected chi connectivity index (χ1v) is 6.94. The normalized spacial score (nSPS) is 22.5. The van der Waals surface area contributed by atoms with Crippen LogP contribution in [0.25, 0.3) is 6.08 Å². The molecular formula is C15H19N3O3. The van der Waals surface area contributed by atoms with Crippen LogP contribution in [0.2, 0.25) is 0 Å². The van der Waals surface area contributed by atoms with Crippen LogP contribution in [0.1, 0.15) is 18.9 Å². The summed E-state index contributed by atoms with van der Waals surface area (Å²) in [5.74, 6) is 0.364. The molecule has 1 aromatic rings. The van der Waals surface area contributed by atoms with Crippen LogP contribution in [0.15, 0.2) is 30.3 Å². The monoisotopic (exact) mass is 289 g/mol. The maximum absolute atomic E-state index is 12.1. The highest BCUT2D eigenvalue weighted by Gasteiger charge is 2.24. The average Bonchev–Trinajstić information content (AvgIpc) is 2.48. The molecule has 0 saturated carbocycles. The zero-order chi connectivity index (χ0) is 15.4. The largest absolute Gasteiger partial charge is 0.338 e. The second-order valence-electron chi connectivity index (χ2n) is 5.40. The number of nitrogens with zero attached hydrogens (tertiary/aromatic N) is 2. The van der Waals surface area contributed by atoms with Crippen LogP contribution < -0.4 is 5.73 Å². The number of benzene rings is 1. The maximum Gasteiger partial charge on any atom is 0.269 e. The van der Waals surface area contributed by atoms with E-state index in [-0.39, 0.29) is 17.6 Å². The molecule has 2 unspecified atom stereocenters. The highest BCUT2D eigenvalue weighted by atomic mass is 16.6. The highest BCUT2D eigenvalue weighted by molar-refractivity contribution is 5.91. The predicted octanol–water partition coefficient (Wildman–Crippen LogP) is 1.80. The number of nitrogens with two attached hydrogens (primary N) is 1. The van der Waals surface area contributed by atoms with Gasteiger partial charge in [-0.1, -0.05) is 6.92 Å². The molecule has 2 N–H and O–H groups in total. The van der Waals surface area contributed by atoms with Crippen LogP contribution in [0.3, 0.4) is 0 Å². The lowest BCUT2D eigenvalue weighted by atomic mass is 9.94. The lowest BCUT2D eigenvalue weighted by molar-refractivity contribution is -0.384. The third kappa shape index (κ3) is 3.88. The van der Waals surface area contributed by atoms with E-state index in [1.54, 1.807) is 23.1 Å². The minimum Gasteiger partial charge on any atom is -0.338 e. The van der Waals surface area contributed by atoms with Gasteiger partial charge in [0.15, 0.2) is 0 Å². The summed E-state index contributed by atoms with van der Waals surface area (Å²) < 4.78 is 0. The van der Waals surface area contributed by atoms with E-state index in [1.807, 2.05) is 0 Å². The van der Waals surface area contributed by atoms with Crippen LogP contribution in [0.5, 0.6) is 0 Å². The molecule has 0 bridgehead atoms. The number of carbonyl (C=O) groups is 1. The molecule has 0 radical (unpaired) electrons. The summed E-state index contributed by atoms with van der Waals surface area (Å²) >= 11 is 0. The molecule has 1 saturated heterocycles. The number of rotatable bonds is 3. The maximum atomic E-state index is 12.1. The summed E-state index contributed by atoms with van der Waals surface area (Å²) in [5, 5.41) is 10.6. The smallest absolute Gasteiger partial charge is 0.269 e. The van der Waals surface area contributed by atoms with Gasteiger partial charge in [-0.3, -0.25) is 14.9 Å². The minimum atomic E-state index is -0.449. The third-order valence-electron chi connectivity index (χ3n) is 3.85. The zero-order valence-electron chi connectivity index (χ0n) is 11.9. The summed E-state index contributed by atoms with van der Waals surface area (Å²) in [6.07, 6.45) is 4.07. The molecule has 0 aliphatic carbocycles. The van der Waals surface area contributed by atoms with E-state index in [2.05, 4.69) is 6.92 Å². The SMILES string of the molecule is CC1CCN(C(=O)C=Cc2ccc([N+](=O)[O-])cc2)CC1N. The number of nitro groups is 1. The molecular weight excluding hydrogens is 270 g/mol. The van der Waals surface area contributed by atoms with Gasteiger partial charge in [-0.15, -0.1) is 0 Å². The van der Waals surface area contributed by atoms with Crippen molar-refractivity contribution in [3.8, 4) is 0 Å². The fourth-order valence-corrected chi connectivity index (χ4v) is 2.28. The Morgan fingerprint density at radius 2 is 2.10 bits per heavy atom. The fraction of sp³-hybridized carbons (Fsp3) is 0.400. The van der Waals surface area contributed by atoms with Crippen molar-refractivity contribution >= 4 is 17.7 Å². The molecule has 2 atom stereocenters. The van der Waals surface area contributed by atoms with E-state index in [4.69, 9.17) is 5.73 Å². The van der Waals surface area contributed by atoms with Gasteiger partial charge in [-0.2, -0.15) is 0 Å². The van der Waals surface area contributed by atoms with Crippen molar-refractivity contribution in [2.24, 2.45) is 11.7 Å². The van der Waals surface area contributed by atoms with Crippen molar-refractivity contribution < 1.29 is 9.72 Å². The molecule has 2 rings (SSSR count). The van der Waals surface area contributed by atoms with Gasteiger partial charge in [-0.25, -0.2) is 0 Å². The van der Waals surface area contributed by atoms with Crippen molar-refractivity contribution in [1.29, 1.82) is 0 Å². The summed E-state index contributed by atoms with van der Waals surface area (Å²) in [4.78, 5) is 23.9. The lowest BCUT2D eigenvalue weighted by Crippen LogP contribution is -2.49. The molecule has 6 heteroatoms. The molecule has 112 valence electrons. The first-order chi connectivity index (χ1) is 9.97. The lowest BCUT2D eigenvalue weighted by Gasteiger charge is -2.34. The van der Waals surface area contributed by atoms with Crippen LogP contribution in [0, 0.1) is 16.0 Å². The Bertz CT molecular complexity index is 554. The quantitative estimate of drug-likeness (QED) is 0.522. The van der Waals surface area contributed by atoms with Crippen molar-refractivity contribution in [2.45, 2.75) is 19.4 Å². The van der Waals surface area contributed by atoms with Gasteiger partial charge >= 0.3 is 0 Å². The molecule has 0 aromatic heterocycles. The van der Waals surface area contributed by atoms with Gasteiger partial charge in [-0.05, 0) is 36.1 Å². The first-order valence-electron chi connectivity index (χ1n) is 6.94. The Labute approximate surface area is 123 Å². The van der Waals surface area contributed by atoms with E-state index in [9.17, 15) is 14.9 Å². The summed E-state index contributed by atoms with van der Waals surface area (Å²) in [6.45, 7) is 3.39. The van der Waals surface area contributed by atoms with Crippen LogP contribution in [-0.2, 0) is 4.79 Å². The minimum absolute atomic E-state index is 0.0236. The predicted molar refractivity (Wildman–Crippen MR) is 80.5 cm³/mol. The van der Waals surface area contributed by atoms with Crippen LogP contribution in [0.4, 0.5) is 5.69 Å². The van der Waals surface area contributed by atoms with Crippen LogP contribution >= 0.6 is 0 Å². The number of likely N-dealkylation sites (tertiary alicyclic amines) is 1. The second-order valence-corrected chi connectivity index (χ2v) is 5.40. The van der Waals surface area contributed by atoms with Crippen molar-refractivity contribution in [2.75, 3.05) is 13.1 Å². The molecule has 0 spiro atoms. The van der Waals surface area contributed by atoms with Crippen LogP contribution in [-0.4, -0.2) is 34.9 Å². The first kappa shape index (κ1) is 15.2. The molecule has 1 amide bonds. The van der Waals surface area contributed by atoms with E-state index in [1.165, 1.54) is 18.2 Å². The Hall–Kier alpha value is -2.21. The molecule has 1 fully saturated rings. The van der Waals surface area contributed by atoms with Crippen molar-refractivity contribution in [3.05, 3.63) is 46.0 Å². The molecule has 1 heterocycles. The Balaban J connectivity index is 1.97. The molecule has 1 aliphatic rings. The number of hydrogen-bond donors (Lipinski definition) is 1. The fourth-order valence-electron chi connectivity index (χ4n) is 2.28. The molecule has 1 aliphatic heterocycles. The average molecular weight is 289 g/mol. The van der Waals surface area contributed by atoms with E-state index in [0.29, 0.717) is 12.5 Å². The van der Waals surface area contributed by atoms with Crippen molar-refractivity contribution in [3.63, 3.8) is 0 Å². The molecule has 1 aromatic carbocycles. The van der Waals surface area contributed by atoms with E-state index >= 15 is 0 Å². The molecule has 6 nitrogen and oxygen atoms in total. The number of amides is 1. The zero-order valence-corrected chi connectivity index (χ0v) is 11.9. The summed E-state index contributed by atoms with van der Waals surface area (Å²) in [6, 6.07) is 6.10. The highest BCUT2D eigenvalue weighted by Crippen LogP contribution is 2.16. The summed E-state index contributed by atoms with van der Waals surface area (Å²) in [7, 11) is 0. The number of piperidine rings is 1. The Kier molecular flexibility index (Phi) is 4.70. The number of carbonyl (C=O) groups excluding carboxylic acids is 1. The topological polar surface area (TPSA) is 89.5 Å². The molecule has 21 heavy (non-hydrogen) atoms. The summed E-state index contributed by atoms with van der Waals surface area (Å²) in [5.41, 5.74) is 6.77. The standard InChI is InChI=1S/C15H19N3O3/c1-11-8-9-17(10-14(11)16)15(19)7-4-12-2-5-13(6-3-12)18(20)21/h2-7,11,14H,8-10,16H2,1H3. The van der Waals surface area contributed by atoms with Gasteiger partial charge < -0.3 is 10.6 Å². The Morgan fingerprint density at radius 1 is 1.43 bits per heavy atom. The van der Waals surface area contributed by atoms with Gasteiger partial charge in [0.05, 0.1) is 4.92 Å². The van der Waals surface area contributed by atoms with Gasteiger partial charge in [0, 0.05) is 37.3 Å². The van der Waals surface area contributed by atoms with Crippen molar-refractivity contribution in [1.82, 2.24) is 4.90 Å². The number of nitro benzene ring substituents is 1. The van der Waals surface area contributed by atoms with E-state index < -0.39 is 4.92 Å². The van der Waals surface area contributed by atoms with E-state index in [0.717, 1.165) is 18.5 Å². The number of non-ortho nitro benzene ring substituents is 1. The Morgan fingerprint density at radius 3 is 2.67 bits per heavy atom.